The van der Waals surface area contributed by atoms with Crippen LogP contribution in [0.5, 0.6) is 5.75 Å². The zero-order valence-electron chi connectivity index (χ0n) is 20.2. The first-order valence-electron chi connectivity index (χ1n) is 11.3. The van der Waals surface area contributed by atoms with Gasteiger partial charge in [-0.2, -0.15) is 5.10 Å². The summed E-state index contributed by atoms with van der Waals surface area (Å²) >= 11 is 0. The van der Waals surface area contributed by atoms with Crippen LogP contribution in [0.25, 0.3) is 55.6 Å². The molecule has 2 aromatic carbocycles. The van der Waals surface area contributed by atoms with Gasteiger partial charge >= 0.3 is 0 Å². The number of hydrogen-bond donors (Lipinski definition) is 1. The van der Waals surface area contributed by atoms with Gasteiger partial charge in [0.1, 0.15) is 23.5 Å². The molecule has 6 aromatic rings. The zero-order valence-corrected chi connectivity index (χ0v) is 20.2. The second-order valence-electron chi connectivity index (χ2n) is 8.67. The number of methoxy groups -OCH3 is 1. The van der Waals surface area contributed by atoms with Gasteiger partial charge in [0, 0.05) is 34.6 Å². The van der Waals surface area contributed by atoms with Crippen LogP contribution in [0.3, 0.4) is 0 Å². The van der Waals surface area contributed by atoms with E-state index in [0.29, 0.717) is 0 Å². The van der Waals surface area contributed by atoms with Gasteiger partial charge in [-0.1, -0.05) is 35.5 Å². The second kappa shape index (κ2) is 7.80. The minimum absolute atomic E-state index is 0.730. The van der Waals surface area contributed by atoms with E-state index in [-0.39, 0.29) is 0 Å². The highest BCUT2D eigenvalue weighted by Gasteiger charge is 2.24. The largest absolute Gasteiger partial charge is 0.496 e. The number of hydrogen-bond acceptors (Lipinski definition) is 6. The van der Waals surface area contributed by atoms with Crippen molar-refractivity contribution in [2.45, 2.75) is 20.8 Å². The zero-order chi connectivity index (χ0) is 24.3. The molecule has 1 N–H and O–H groups in total. The van der Waals surface area contributed by atoms with Gasteiger partial charge in [0.2, 0.25) is 0 Å². The van der Waals surface area contributed by atoms with E-state index >= 15 is 0 Å². The summed E-state index contributed by atoms with van der Waals surface area (Å²) in [5.74, 6) is 1.48. The first-order valence-corrected chi connectivity index (χ1v) is 11.3. The minimum atomic E-state index is 0.730. The molecule has 0 fully saturated rings. The van der Waals surface area contributed by atoms with Gasteiger partial charge in [-0.25, -0.2) is 9.97 Å². The van der Waals surface area contributed by atoms with Gasteiger partial charge < -0.3 is 14.2 Å². The van der Waals surface area contributed by atoms with Crippen LogP contribution in [0.4, 0.5) is 0 Å². The smallest absolute Gasteiger partial charge is 0.142 e. The van der Waals surface area contributed by atoms with Crippen molar-refractivity contribution in [2.75, 3.05) is 7.11 Å². The van der Waals surface area contributed by atoms with Crippen molar-refractivity contribution in [1.29, 1.82) is 0 Å². The lowest BCUT2D eigenvalue weighted by Gasteiger charge is -2.10. The Morgan fingerprint density at radius 2 is 1.77 bits per heavy atom. The molecule has 8 heteroatoms. The summed E-state index contributed by atoms with van der Waals surface area (Å²) in [6, 6.07) is 14.4. The molecular weight excluding hydrogens is 440 g/mol. The van der Waals surface area contributed by atoms with Gasteiger partial charge in [-0.15, -0.1) is 0 Å². The first kappa shape index (κ1) is 21.1. The average molecular weight is 465 g/mol. The summed E-state index contributed by atoms with van der Waals surface area (Å²) in [5, 5.41) is 10.8. The molecule has 0 aliphatic carbocycles. The van der Waals surface area contributed by atoms with Gasteiger partial charge in [0.05, 0.1) is 40.8 Å². The summed E-state index contributed by atoms with van der Waals surface area (Å²) in [6.07, 6.45) is 1.60. The third-order valence-corrected chi connectivity index (χ3v) is 6.52. The number of fused-ring (bicyclic) bond motifs is 3. The molecule has 6 rings (SSSR count). The Hall–Kier alpha value is -4.46. The van der Waals surface area contributed by atoms with Gasteiger partial charge in [-0.3, -0.25) is 4.68 Å². The SMILES string of the molecule is COc1cc2c(cc1-c1c(C)noc1C)[nH]c1ncnc(-c3c(C)nn(C)c3-c3ccccc3)c12. The lowest BCUT2D eigenvalue weighted by atomic mass is 9.98. The van der Waals surface area contributed by atoms with Crippen LogP contribution < -0.4 is 4.74 Å². The Morgan fingerprint density at radius 3 is 2.49 bits per heavy atom. The van der Waals surface area contributed by atoms with Crippen LogP contribution in [0.15, 0.2) is 53.3 Å². The predicted octanol–water partition coefficient (Wildman–Crippen LogP) is 5.77. The minimum Gasteiger partial charge on any atom is -0.496 e. The summed E-state index contributed by atoms with van der Waals surface area (Å²) in [6.45, 7) is 5.85. The number of aryl methyl sites for hydroxylation is 4. The fraction of sp³-hybridized carbons (Fsp3) is 0.185. The molecule has 0 radical (unpaired) electrons. The Morgan fingerprint density at radius 1 is 0.971 bits per heavy atom. The average Bonchev–Trinajstić information content (AvgIpc) is 3.49. The number of benzene rings is 2. The maximum atomic E-state index is 5.83. The molecule has 0 spiro atoms. The van der Waals surface area contributed by atoms with Crippen LogP contribution >= 0.6 is 0 Å². The summed E-state index contributed by atoms with van der Waals surface area (Å²) < 4.78 is 13.2. The van der Waals surface area contributed by atoms with Crippen LogP contribution in [0.2, 0.25) is 0 Å². The fourth-order valence-corrected chi connectivity index (χ4v) is 5.04. The van der Waals surface area contributed by atoms with Crippen LogP contribution in [-0.4, -0.2) is 37.0 Å². The van der Waals surface area contributed by atoms with E-state index in [1.54, 1.807) is 13.4 Å². The van der Waals surface area contributed by atoms with E-state index in [9.17, 15) is 0 Å². The second-order valence-corrected chi connectivity index (χ2v) is 8.67. The number of aromatic nitrogens is 6. The first-order chi connectivity index (χ1) is 17.0. The Kier molecular flexibility index (Phi) is 4.70. The molecule has 0 aliphatic heterocycles. The van der Waals surface area contributed by atoms with E-state index < -0.39 is 0 Å². The summed E-state index contributed by atoms with van der Waals surface area (Å²) in [7, 11) is 3.64. The molecule has 0 aliphatic rings. The molecule has 0 saturated carbocycles. The standard InChI is InChI=1S/C27H24N6O2/c1-14-23(26(33(4)31-14)17-9-7-6-8-10-17)25-24-18-12-21(34-5)19(22-15(2)32-35-16(22)3)11-20(18)30-27(24)29-13-28-25/h6-13H,1-5H3,(H,28,29,30). The number of nitrogens with zero attached hydrogens (tertiary/aromatic N) is 5. The lowest BCUT2D eigenvalue weighted by Crippen LogP contribution is -1.95. The normalized spacial score (nSPS) is 11.6. The number of H-pyrrole nitrogens is 1. The summed E-state index contributed by atoms with van der Waals surface area (Å²) in [4.78, 5) is 12.8. The third-order valence-electron chi connectivity index (χ3n) is 6.52. The highest BCUT2D eigenvalue weighted by molar-refractivity contribution is 6.14. The maximum Gasteiger partial charge on any atom is 0.142 e. The molecule has 0 bridgehead atoms. The summed E-state index contributed by atoms with van der Waals surface area (Å²) in [5.41, 5.74) is 9.16. The molecular formula is C27H24N6O2. The molecule has 0 amide bonds. The van der Waals surface area contributed by atoms with Gasteiger partial charge in [0.15, 0.2) is 0 Å². The van der Waals surface area contributed by atoms with E-state index in [4.69, 9.17) is 19.3 Å². The quantitative estimate of drug-likeness (QED) is 0.356. The number of aromatic amines is 1. The number of nitrogens with one attached hydrogen (secondary N) is 1. The Labute approximate surface area is 201 Å². The molecule has 0 saturated heterocycles. The molecule has 35 heavy (non-hydrogen) atoms. The van der Waals surface area contributed by atoms with E-state index in [0.717, 1.165) is 78.5 Å². The van der Waals surface area contributed by atoms with Crippen molar-refractivity contribution < 1.29 is 9.26 Å². The third kappa shape index (κ3) is 3.13. The Balaban J connectivity index is 1.67. The van der Waals surface area contributed by atoms with Crippen LogP contribution in [-0.2, 0) is 7.05 Å². The van der Waals surface area contributed by atoms with E-state index in [1.807, 2.05) is 56.8 Å². The molecule has 8 nitrogen and oxygen atoms in total. The van der Waals surface area contributed by atoms with Gasteiger partial charge in [0.25, 0.3) is 0 Å². The fourth-order valence-electron chi connectivity index (χ4n) is 5.04. The highest BCUT2D eigenvalue weighted by atomic mass is 16.5. The Bertz CT molecular complexity index is 1710. The van der Waals surface area contributed by atoms with Crippen LogP contribution in [0, 0.1) is 20.8 Å². The molecule has 174 valence electrons. The molecule has 0 unspecified atom stereocenters. The monoisotopic (exact) mass is 464 g/mol. The lowest BCUT2D eigenvalue weighted by molar-refractivity contribution is 0.393. The van der Waals surface area contributed by atoms with E-state index in [2.05, 4.69) is 33.3 Å². The van der Waals surface area contributed by atoms with Crippen LogP contribution in [0.1, 0.15) is 17.1 Å². The van der Waals surface area contributed by atoms with Gasteiger partial charge in [-0.05, 0) is 32.9 Å². The molecule has 0 atom stereocenters. The predicted molar refractivity (Wildman–Crippen MR) is 135 cm³/mol. The number of rotatable bonds is 4. The van der Waals surface area contributed by atoms with E-state index in [1.165, 1.54) is 0 Å². The van der Waals surface area contributed by atoms with Crippen molar-refractivity contribution in [1.82, 2.24) is 29.9 Å². The van der Waals surface area contributed by atoms with Crippen molar-refractivity contribution >= 4 is 21.9 Å². The number of ether oxygens (including phenoxy) is 1. The molecule has 4 heterocycles. The van der Waals surface area contributed by atoms with Crippen molar-refractivity contribution in [3.63, 3.8) is 0 Å². The topological polar surface area (TPSA) is 94.7 Å². The van der Waals surface area contributed by atoms with Crippen molar-refractivity contribution in [3.8, 4) is 39.4 Å². The van der Waals surface area contributed by atoms with Crippen molar-refractivity contribution in [3.05, 3.63) is 65.9 Å². The van der Waals surface area contributed by atoms with Crippen molar-refractivity contribution in [2.24, 2.45) is 7.05 Å². The highest BCUT2D eigenvalue weighted by Crippen LogP contribution is 2.43. The maximum absolute atomic E-state index is 5.83. The molecule has 4 aromatic heterocycles.